The second-order valence-electron chi connectivity index (χ2n) is 14.9. The molecule has 4 aromatic heterocycles. The van der Waals surface area contributed by atoms with Gasteiger partial charge in [-0.25, -0.2) is 24.1 Å². The van der Waals surface area contributed by atoms with Gasteiger partial charge in [0.1, 0.15) is 30.5 Å². The molecular weight excluding hydrogens is 668 g/mol. The van der Waals surface area contributed by atoms with E-state index < -0.39 is 12.0 Å². The molecule has 4 aromatic rings. The van der Waals surface area contributed by atoms with E-state index in [1.807, 2.05) is 4.90 Å². The quantitative estimate of drug-likeness (QED) is 0.225. The number of carboxylic acid groups (broad SMARTS) is 1. The summed E-state index contributed by atoms with van der Waals surface area (Å²) in [6, 6.07) is 6.18. The van der Waals surface area contributed by atoms with Crippen LogP contribution in [0.5, 0.6) is 0 Å². The van der Waals surface area contributed by atoms with Crippen LogP contribution < -0.4 is 0 Å². The van der Waals surface area contributed by atoms with Crippen molar-refractivity contribution in [1.29, 1.82) is 0 Å². The largest absolute Gasteiger partial charge is 0.480 e. The van der Waals surface area contributed by atoms with Gasteiger partial charge in [0.25, 0.3) is 0 Å². The van der Waals surface area contributed by atoms with E-state index in [1.54, 1.807) is 36.7 Å². The molecule has 2 amide bonds. The Morgan fingerprint density at radius 3 is 1.65 bits per heavy atom. The minimum absolute atomic E-state index is 0.0103. The number of fused-ring (bicyclic) bond motifs is 4. The highest BCUT2D eigenvalue weighted by molar-refractivity contribution is 6.05. The Morgan fingerprint density at radius 1 is 0.712 bits per heavy atom. The molecule has 0 radical (unpaired) electrons. The molecule has 6 atom stereocenters. The Balaban J connectivity index is 0.000000151. The summed E-state index contributed by atoms with van der Waals surface area (Å²) in [6.45, 7) is 2.77. The van der Waals surface area contributed by atoms with Crippen LogP contribution in [0.15, 0.2) is 36.7 Å². The van der Waals surface area contributed by atoms with E-state index in [1.165, 1.54) is 41.0 Å². The summed E-state index contributed by atoms with van der Waals surface area (Å²) in [5.74, 6) is -0.0157. The van der Waals surface area contributed by atoms with Gasteiger partial charge in [-0.1, -0.05) is 12.8 Å². The number of amides is 2. The van der Waals surface area contributed by atoms with Crippen LogP contribution in [-0.4, -0.2) is 104 Å². The van der Waals surface area contributed by atoms with Crippen molar-refractivity contribution in [2.75, 3.05) is 0 Å². The smallest absolute Gasteiger partial charge is 0.326 e. The number of piperidine rings is 2. The van der Waals surface area contributed by atoms with Crippen molar-refractivity contribution >= 4 is 57.2 Å². The Bertz CT molecular complexity index is 2150. The van der Waals surface area contributed by atoms with E-state index in [4.69, 9.17) is 0 Å². The summed E-state index contributed by atoms with van der Waals surface area (Å²) >= 11 is 0. The second kappa shape index (κ2) is 13.0. The molecule has 270 valence electrons. The molecule has 3 aliphatic carbocycles. The predicted octanol–water partition coefficient (Wildman–Crippen LogP) is 3.09. The number of carbonyl (C=O) groups is 6. The zero-order valence-electron chi connectivity index (χ0n) is 29.1. The SMILES string of the molecule is CC(=O)c1nn(CC(=O)N2[C@@H]3C[C@@H]3C[C@H]2C(=O)CCC2CC2)c2ncccc12.CC(=O)c1nn(CC(=O)N2[C@@H]3C[C@@H]3C[C@H]2C(=O)O)c2ncccc12. The van der Waals surface area contributed by atoms with Gasteiger partial charge in [-0.15, -0.1) is 0 Å². The van der Waals surface area contributed by atoms with Gasteiger partial charge in [0.15, 0.2) is 28.6 Å². The lowest BCUT2D eigenvalue weighted by Gasteiger charge is -2.26. The average molecular weight is 709 g/mol. The molecule has 9 rings (SSSR count). The number of nitrogens with zero attached hydrogens (tertiary/aromatic N) is 8. The van der Waals surface area contributed by atoms with E-state index in [9.17, 15) is 33.9 Å². The van der Waals surface area contributed by atoms with E-state index in [2.05, 4.69) is 20.2 Å². The normalized spacial score (nSPS) is 25.3. The Hall–Kier alpha value is -5.34. The summed E-state index contributed by atoms with van der Waals surface area (Å²) in [7, 11) is 0. The molecule has 0 aromatic carbocycles. The number of aliphatic carboxylic acids is 1. The van der Waals surface area contributed by atoms with E-state index >= 15 is 0 Å². The van der Waals surface area contributed by atoms with E-state index in [-0.39, 0.29) is 66.1 Å². The summed E-state index contributed by atoms with van der Waals surface area (Å²) in [4.78, 5) is 85.4. The van der Waals surface area contributed by atoms with Crippen molar-refractivity contribution in [3.63, 3.8) is 0 Å². The third-order valence-corrected chi connectivity index (χ3v) is 11.2. The van der Waals surface area contributed by atoms with Crippen LogP contribution in [0, 0.1) is 17.8 Å². The number of Topliss-reactive ketones (excluding diaryl/α,β-unsaturated/α-hetero) is 3. The van der Waals surface area contributed by atoms with Crippen molar-refractivity contribution in [3.05, 3.63) is 48.0 Å². The van der Waals surface area contributed by atoms with Crippen molar-refractivity contribution in [1.82, 2.24) is 39.3 Å². The topological polar surface area (TPSA) is 191 Å². The minimum Gasteiger partial charge on any atom is -0.480 e. The first-order valence-electron chi connectivity index (χ1n) is 18.0. The molecule has 15 nitrogen and oxygen atoms in total. The highest BCUT2D eigenvalue weighted by atomic mass is 16.4. The van der Waals surface area contributed by atoms with Crippen molar-refractivity contribution in [2.24, 2.45) is 17.8 Å². The molecule has 52 heavy (non-hydrogen) atoms. The van der Waals surface area contributed by atoms with Gasteiger partial charge in [0, 0.05) is 44.7 Å². The van der Waals surface area contributed by atoms with E-state index in [0.29, 0.717) is 52.4 Å². The fourth-order valence-electron chi connectivity index (χ4n) is 8.24. The number of carboxylic acids is 1. The Kier molecular flexibility index (Phi) is 8.45. The maximum Gasteiger partial charge on any atom is 0.326 e. The van der Waals surface area contributed by atoms with Gasteiger partial charge in [0.2, 0.25) is 11.8 Å². The fraction of sp³-hybridized carbons (Fsp3) is 0.514. The molecule has 0 unspecified atom stereocenters. The van der Waals surface area contributed by atoms with Crippen molar-refractivity contribution < 1.29 is 33.9 Å². The van der Waals surface area contributed by atoms with Gasteiger partial charge < -0.3 is 14.9 Å². The van der Waals surface area contributed by atoms with Gasteiger partial charge in [0.05, 0.1) is 16.8 Å². The highest BCUT2D eigenvalue weighted by Crippen LogP contribution is 2.49. The lowest BCUT2D eigenvalue weighted by Crippen LogP contribution is -2.44. The highest BCUT2D eigenvalue weighted by Gasteiger charge is 2.57. The van der Waals surface area contributed by atoms with Crippen LogP contribution in [0.1, 0.15) is 86.2 Å². The molecule has 3 saturated carbocycles. The number of ketones is 3. The number of rotatable bonds is 11. The number of hydrogen-bond donors (Lipinski definition) is 1. The van der Waals surface area contributed by atoms with Crippen LogP contribution in [0.25, 0.3) is 22.1 Å². The zero-order valence-corrected chi connectivity index (χ0v) is 29.1. The zero-order chi connectivity index (χ0) is 36.4. The Morgan fingerprint density at radius 2 is 1.19 bits per heavy atom. The second-order valence-corrected chi connectivity index (χ2v) is 14.9. The van der Waals surface area contributed by atoms with Crippen LogP contribution in [0.3, 0.4) is 0 Å². The lowest BCUT2D eigenvalue weighted by atomic mass is 10.0. The number of likely N-dealkylation sites (tertiary alicyclic amines) is 2. The summed E-state index contributed by atoms with van der Waals surface area (Å²) < 4.78 is 2.90. The molecule has 2 saturated heterocycles. The molecule has 0 bridgehead atoms. The first kappa shape index (κ1) is 33.8. The molecule has 2 aliphatic heterocycles. The number of carbonyl (C=O) groups excluding carboxylic acids is 5. The standard InChI is InChI=1S/C21H24N4O3.C16H16N4O4/c1-12(26)20-15-3-2-8-22-21(15)24(23-20)11-19(28)25-16-9-14(16)10-17(25)18(27)7-6-13-4-5-13;1-8(21)14-10-3-2-4-17-15(10)19(18-14)7-13(22)20-11-5-9(11)6-12(20)16(23)24/h2-3,8,13-14,16-17H,4-7,9-11H2,1H3;2-4,9,11-12H,5-7H2,1H3,(H,23,24)/t14-,16-,17+;9-,11-,12+/m11/s1. The van der Waals surface area contributed by atoms with Crippen molar-refractivity contribution in [2.45, 2.75) is 102 Å². The monoisotopic (exact) mass is 708 g/mol. The third-order valence-electron chi connectivity index (χ3n) is 11.2. The van der Waals surface area contributed by atoms with Crippen LogP contribution >= 0.6 is 0 Å². The summed E-state index contributed by atoms with van der Waals surface area (Å²) in [5.41, 5.74) is 1.59. The predicted molar refractivity (Wildman–Crippen MR) is 184 cm³/mol. The molecule has 15 heteroatoms. The maximum absolute atomic E-state index is 13.1. The van der Waals surface area contributed by atoms with E-state index in [0.717, 1.165) is 31.6 Å². The molecule has 5 fully saturated rings. The third kappa shape index (κ3) is 6.26. The average Bonchev–Trinajstić information content (AvgIpc) is 4.09. The van der Waals surface area contributed by atoms with Crippen LogP contribution in [-0.2, 0) is 32.3 Å². The fourth-order valence-corrected chi connectivity index (χ4v) is 8.24. The van der Waals surface area contributed by atoms with Gasteiger partial charge in [-0.3, -0.25) is 24.0 Å². The molecule has 0 spiro atoms. The Labute approximate surface area is 298 Å². The summed E-state index contributed by atoms with van der Waals surface area (Å²) in [6.07, 6.45) is 10.4. The van der Waals surface area contributed by atoms with Gasteiger partial charge >= 0.3 is 5.97 Å². The van der Waals surface area contributed by atoms with Crippen molar-refractivity contribution in [3.8, 4) is 0 Å². The molecular formula is C37H40N8O7. The van der Waals surface area contributed by atoms with Gasteiger partial charge in [-0.05, 0) is 74.1 Å². The van der Waals surface area contributed by atoms with Gasteiger partial charge in [-0.2, -0.15) is 10.2 Å². The number of aromatic nitrogens is 6. The van der Waals surface area contributed by atoms with Crippen LogP contribution in [0.4, 0.5) is 0 Å². The molecule has 5 aliphatic rings. The first-order valence-corrected chi connectivity index (χ1v) is 18.0. The first-order chi connectivity index (χ1) is 25.0. The van der Waals surface area contributed by atoms with Crippen LogP contribution in [0.2, 0.25) is 0 Å². The maximum atomic E-state index is 13.1. The summed E-state index contributed by atoms with van der Waals surface area (Å²) in [5, 5.41) is 19.1. The number of hydrogen-bond acceptors (Lipinski definition) is 10. The number of pyridine rings is 2. The molecule has 6 heterocycles. The molecule has 1 N–H and O–H groups in total. The lowest BCUT2D eigenvalue weighted by molar-refractivity contribution is -0.149. The minimum atomic E-state index is -0.969.